The summed E-state index contributed by atoms with van der Waals surface area (Å²) in [4.78, 5) is 23.1. The van der Waals surface area contributed by atoms with Gasteiger partial charge in [0.15, 0.2) is 5.65 Å². The molecule has 5 rings (SSSR count). The van der Waals surface area contributed by atoms with Gasteiger partial charge in [0.2, 0.25) is 0 Å². The number of halogens is 1. The summed E-state index contributed by atoms with van der Waals surface area (Å²) in [7, 11) is 1.79. The van der Waals surface area contributed by atoms with Gasteiger partial charge in [-0.1, -0.05) is 28.9 Å². The normalized spacial score (nSPS) is 16.2. The Morgan fingerprint density at radius 2 is 1.89 bits per heavy atom. The molecule has 4 heterocycles. The second-order valence-corrected chi connectivity index (χ2v) is 7.51. The molecular weight excluding hydrogens is 376 g/mol. The molecule has 0 aliphatic carbocycles. The molecule has 1 atom stereocenters. The Kier molecular flexibility index (Phi) is 3.57. The minimum atomic E-state index is -0.306. The summed E-state index contributed by atoms with van der Waals surface area (Å²) in [6.45, 7) is 3.88. The van der Waals surface area contributed by atoms with Crippen LogP contribution in [0.15, 0.2) is 36.5 Å². The Balaban J connectivity index is 1.74. The highest BCUT2D eigenvalue weighted by Crippen LogP contribution is 2.42. The number of anilines is 1. The molecule has 1 aromatic carbocycles. The van der Waals surface area contributed by atoms with Crippen LogP contribution in [0.5, 0.6) is 0 Å². The maximum Gasteiger partial charge on any atom is 0.262 e. The van der Waals surface area contributed by atoms with E-state index in [4.69, 9.17) is 16.6 Å². The summed E-state index contributed by atoms with van der Waals surface area (Å²) in [6.07, 6.45) is 1.87. The SMILES string of the molecule is Cc1c[nH]c2c1C(=O)N(c1cc(C)c3nnn(C)c3n1)C2c1ccc(Cl)cc1. The van der Waals surface area contributed by atoms with Gasteiger partial charge in [-0.25, -0.2) is 9.67 Å². The molecule has 1 aliphatic heterocycles. The first-order valence-electron chi connectivity index (χ1n) is 8.89. The lowest BCUT2D eigenvalue weighted by Gasteiger charge is -2.25. The number of carbonyl (C=O) groups is 1. The molecular formula is C20H17ClN6O. The van der Waals surface area contributed by atoms with Crippen molar-refractivity contribution in [2.24, 2.45) is 7.05 Å². The van der Waals surface area contributed by atoms with Crippen LogP contribution in [0.1, 0.15) is 38.8 Å². The van der Waals surface area contributed by atoms with Gasteiger partial charge in [-0.2, -0.15) is 0 Å². The number of amides is 1. The third-order valence-electron chi connectivity index (χ3n) is 5.24. The first-order chi connectivity index (χ1) is 13.5. The predicted molar refractivity (Wildman–Crippen MR) is 107 cm³/mol. The highest BCUT2D eigenvalue weighted by molar-refractivity contribution is 6.30. The van der Waals surface area contributed by atoms with Crippen molar-refractivity contribution in [2.75, 3.05) is 4.90 Å². The van der Waals surface area contributed by atoms with E-state index in [0.29, 0.717) is 22.1 Å². The number of aryl methyl sites for hydroxylation is 3. The topological polar surface area (TPSA) is 79.7 Å². The van der Waals surface area contributed by atoms with Crippen LogP contribution < -0.4 is 4.90 Å². The molecule has 0 fully saturated rings. The van der Waals surface area contributed by atoms with Crippen molar-refractivity contribution in [2.45, 2.75) is 19.9 Å². The van der Waals surface area contributed by atoms with Crippen LogP contribution in [0.2, 0.25) is 5.02 Å². The van der Waals surface area contributed by atoms with Gasteiger partial charge in [-0.15, -0.1) is 5.10 Å². The Bertz CT molecular complexity index is 1240. The summed E-state index contributed by atoms with van der Waals surface area (Å²) in [5.74, 6) is 0.499. The molecule has 1 aliphatic rings. The first-order valence-corrected chi connectivity index (χ1v) is 9.27. The average Bonchev–Trinajstić information content (AvgIpc) is 3.31. The summed E-state index contributed by atoms with van der Waals surface area (Å²) < 4.78 is 1.62. The van der Waals surface area contributed by atoms with Gasteiger partial charge in [0.1, 0.15) is 17.4 Å². The van der Waals surface area contributed by atoms with E-state index < -0.39 is 0 Å². The van der Waals surface area contributed by atoms with Crippen LogP contribution in [0.4, 0.5) is 5.82 Å². The fourth-order valence-corrected chi connectivity index (χ4v) is 3.99. The molecule has 0 bridgehead atoms. The number of hydrogen-bond donors (Lipinski definition) is 1. The molecule has 1 amide bonds. The monoisotopic (exact) mass is 392 g/mol. The zero-order valence-corrected chi connectivity index (χ0v) is 16.3. The van der Waals surface area contributed by atoms with E-state index in [1.54, 1.807) is 16.6 Å². The Morgan fingerprint density at radius 1 is 1.14 bits per heavy atom. The minimum absolute atomic E-state index is 0.0740. The van der Waals surface area contributed by atoms with Crippen LogP contribution in [0, 0.1) is 13.8 Å². The number of pyridine rings is 1. The number of hydrogen-bond acceptors (Lipinski definition) is 4. The number of aromatic nitrogens is 5. The smallest absolute Gasteiger partial charge is 0.262 e. The third kappa shape index (κ3) is 2.29. The van der Waals surface area contributed by atoms with Gasteiger partial charge in [0.05, 0.1) is 11.3 Å². The van der Waals surface area contributed by atoms with Crippen molar-refractivity contribution in [3.8, 4) is 0 Å². The van der Waals surface area contributed by atoms with Crippen LogP contribution >= 0.6 is 11.6 Å². The Labute approximate surface area is 165 Å². The highest BCUT2D eigenvalue weighted by atomic mass is 35.5. The molecule has 28 heavy (non-hydrogen) atoms. The number of benzene rings is 1. The van der Waals surface area contributed by atoms with Gasteiger partial charge >= 0.3 is 0 Å². The number of aromatic amines is 1. The number of rotatable bonds is 2. The van der Waals surface area contributed by atoms with E-state index in [1.807, 2.05) is 50.4 Å². The van der Waals surface area contributed by atoms with Crippen molar-refractivity contribution in [1.82, 2.24) is 25.0 Å². The Morgan fingerprint density at radius 3 is 2.64 bits per heavy atom. The molecule has 0 radical (unpaired) electrons. The number of fused-ring (bicyclic) bond motifs is 2. The standard InChI is InChI=1S/C20H17ClN6O/c1-10-8-14(23-19-16(10)24-25-26(19)3)27-18(12-4-6-13(21)7-5-12)17-15(20(27)28)11(2)9-22-17/h4-9,18,22H,1-3H3. The van der Waals surface area contributed by atoms with Crippen molar-refractivity contribution in [3.63, 3.8) is 0 Å². The van der Waals surface area contributed by atoms with Crippen molar-refractivity contribution >= 4 is 34.5 Å². The summed E-state index contributed by atoms with van der Waals surface area (Å²) in [5, 5.41) is 8.87. The van der Waals surface area contributed by atoms with E-state index >= 15 is 0 Å². The number of H-pyrrole nitrogens is 1. The van der Waals surface area contributed by atoms with Gasteiger partial charge in [-0.05, 0) is 48.7 Å². The van der Waals surface area contributed by atoms with E-state index in [1.165, 1.54) is 0 Å². The molecule has 8 heteroatoms. The third-order valence-corrected chi connectivity index (χ3v) is 5.49. The Hall–Kier alpha value is -3.19. The molecule has 0 saturated carbocycles. The van der Waals surface area contributed by atoms with Gasteiger partial charge in [0, 0.05) is 18.3 Å². The number of nitrogens with one attached hydrogen (secondary N) is 1. The maximum absolute atomic E-state index is 13.4. The zero-order chi connectivity index (χ0) is 19.6. The molecule has 4 aromatic rings. The summed E-state index contributed by atoms with van der Waals surface area (Å²) in [5.41, 5.74) is 5.74. The quantitative estimate of drug-likeness (QED) is 0.564. The molecule has 3 aromatic heterocycles. The fourth-order valence-electron chi connectivity index (χ4n) is 3.87. The van der Waals surface area contributed by atoms with Crippen LogP contribution in [0.25, 0.3) is 11.2 Å². The lowest BCUT2D eigenvalue weighted by molar-refractivity contribution is 0.0992. The van der Waals surface area contributed by atoms with Crippen molar-refractivity contribution in [1.29, 1.82) is 0 Å². The minimum Gasteiger partial charge on any atom is -0.362 e. The van der Waals surface area contributed by atoms with Crippen molar-refractivity contribution < 1.29 is 4.79 Å². The van der Waals surface area contributed by atoms with E-state index in [2.05, 4.69) is 15.3 Å². The fraction of sp³-hybridized carbons (Fsp3) is 0.200. The van der Waals surface area contributed by atoms with E-state index in [0.717, 1.165) is 27.9 Å². The summed E-state index contributed by atoms with van der Waals surface area (Å²) in [6, 6.07) is 9.13. The largest absolute Gasteiger partial charge is 0.362 e. The second kappa shape index (κ2) is 5.90. The zero-order valence-electron chi connectivity index (χ0n) is 15.6. The second-order valence-electron chi connectivity index (χ2n) is 7.07. The van der Waals surface area contributed by atoms with Crippen molar-refractivity contribution in [3.05, 3.63) is 69.5 Å². The number of nitrogens with zero attached hydrogens (tertiary/aromatic N) is 5. The van der Waals surface area contributed by atoms with Crippen LogP contribution in [-0.2, 0) is 7.05 Å². The summed E-state index contributed by atoms with van der Waals surface area (Å²) >= 11 is 6.08. The van der Waals surface area contributed by atoms with Gasteiger partial charge < -0.3 is 4.98 Å². The molecule has 1 N–H and O–H groups in total. The van der Waals surface area contributed by atoms with Crippen LogP contribution in [-0.4, -0.2) is 30.9 Å². The lowest BCUT2D eigenvalue weighted by atomic mass is 10.0. The van der Waals surface area contributed by atoms with Crippen LogP contribution in [0.3, 0.4) is 0 Å². The van der Waals surface area contributed by atoms with Gasteiger partial charge in [0.25, 0.3) is 5.91 Å². The highest BCUT2D eigenvalue weighted by Gasteiger charge is 2.42. The average molecular weight is 393 g/mol. The molecule has 0 spiro atoms. The molecule has 7 nitrogen and oxygen atoms in total. The van der Waals surface area contributed by atoms with E-state index in [-0.39, 0.29) is 11.9 Å². The molecule has 140 valence electrons. The number of carbonyl (C=O) groups excluding carboxylic acids is 1. The molecule has 0 saturated heterocycles. The lowest BCUT2D eigenvalue weighted by Crippen LogP contribution is -2.30. The van der Waals surface area contributed by atoms with Gasteiger partial charge in [-0.3, -0.25) is 9.69 Å². The molecule has 1 unspecified atom stereocenters. The first kappa shape index (κ1) is 16.9. The maximum atomic E-state index is 13.4. The van der Waals surface area contributed by atoms with E-state index in [9.17, 15) is 4.79 Å². The predicted octanol–water partition coefficient (Wildman–Crippen LogP) is 3.71.